The molecule has 0 saturated carbocycles. The lowest BCUT2D eigenvalue weighted by molar-refractivity contribution is 1.48. The van der Waals surface area contributed by atoms with Crippen molar-refractivity contribution < 1.29 is 0 Å². The first-order valence-corrected chi connectivity index (χ1v) is 5.26. The highest BCUT2D eigenvalue weighted by Crippen LogP contribution is 2.26. The molecule has 0 fully saturated rings. The summed E-state index contributed by atoms with van der Waals surface area (Å²) in [5.74, 6) is 0. The van der Waals surface area contributed by atoms with E-state index in [0.29, 0.717) is 0 Å². The minimum atomic E-state index is 1.05. The molecule has 0 unspecified atom stereocenters. The lowest BCUT2D eigenvalue weighted by Gasteiger charge is -1.86. The molecule has 3 rings (SSSR count). The molecule has 0 N–H and O–H groups in total. The summed E-state index contributed by atoms with van der Waals surface area (Å²) in [6, 6.07) is 4.19. The largest absolute Gasteiger partial charge is 0.245 e. The minimum absolute atomic E-state index is 1.05. The van der Waals surface area contributed by atoms with Crippen molar-refractivity contribution in [2.75, 3.05) is 0 Å². The Hall–Kier alpha value is -1.00. The predicted molar refractivity (Wildman–Crippen MR) is 52.8 cm³/mol. The van der Waals surface area contributed by atoms with Crippen LogP contribution in [0, 0.1) is 0 Å². The Morgan fingerprint density at radius 1 is 0.833 bits per heavy atom. The fraction of sp³-hybridized carbons (Fsp3) is 0. The molecule has 0 atom stereocenters. The van der Waals surface area contributed by atoms with Gasteiger partial charge in [-0.1, -0.05) is 0 Å². The maximum absolute atomic E-state index is 4.23. The van der Waals surface area contributed by atoms with E-state index in [-0.39, 0.29) is 0 Å². The number of fused-ring (bicyclic) bond motifs is 2. The van der Waals surface area contributed by atoms with Crippen molar-refractivity contribution in [1.82, 2.24) is 9.97 Å². The number of aromatic nitrogens is 2. The lowest BCUT2D eigenvalue weighted by Crippen LogP contribution is -1.68. The molecular formula is C8H4N2S2. The molecule has 2 aromatic heterocycles. The molecule has 0 bridgehead atoms. The Balaban J connectivity index is 2.62. The van der Waals surface area contributed by atoms with Crippen molar-refractivity contribution in [1.29, 1.82) is 0 Å². The van der Waals surface area contributed by atoms with Gasteiger partial charge in [0.25, 0.3) is 0 Å². The van der Waals surface area contributed by atoms with Crippen LogP contribution in [0.3, 0.4) is 0 Å². The Morgan fingerprint density at radius 2 is 1.42 bits per heavy atom. The van der Waals surface area contributed by atoms with Crippen molar-refractivity contribution in [3.05, 3.63) is 23.2 Å². The van der Waals surface area contributed by atoms with E-state index in [1.54, 1.807) is 22.7 Å². The van der Waals surface area contributed by atoms with Crippen LogP contribution in [0.25, 0.3) is 20.4 Å². The molecule has 0 aliphatic heterocycles. The average Bonchev–Trinajstić information content (AvgIpc) is 2.64. The fourth-order valence-electron chi connectivity index (χ4n) is 1.21. The van der Waals surface area contributed by atoms with Gasteiger partial charge in [0.2, 0.25) is 0 Å². The van der Waals surface area contributed by atoms with Gasteiger partial charge >= 0.3 is 0 Å². The van der Waals surface area contributed by atoms with Crippen LogP contribution in [0.4, 0.5) is 0 Å². The number of thiazole rings is 2. The maximum atomic E-state index is 4.23. The van der Waals surface area contributed by atoms with E-state index in [0.717, 1.165) is 11.0 Å². The first-order chi connectivity index (χ1) is 5.93. The quantitative estimate of drug-likeness (QED) is 0.547. The number of hydrogen-bond acceptors (Lipinski definition) is 4. The third-order valence-electron chi connectivity index (χ3n) is 1.78. The summed E-state index contributed by atoms with van der Waals surface area (Å²) in [7, 11) is 0. The summed E-state index contributed by atoms with van der Waals surface area (Å²) in [6.45, 7) is 0. The smallest absolute Gasteiger partial charge is 0.0834 e. The number of hydrogen-bond donors (Lipinski definition) is 0. The Bertz CT molecular complexity index is 447. The summed E-state index contributed by atoms with van der Waals surface area (Å²) >= 11 is 3.35. The van der Waals surface area contributed by atoms with Gasteiger partial charge in [0.05, 0.1) is 31.5 Å². The molecule has 0 spiro atoms. The zero-order valence-corrected chi connectivity index (χ0v) is 7.65. The van der Waals surface area contributed by atoms with E-state index >= 15 is 0 Å². The van der Waals surface area contributed by atoms with Crippen LogP contribution >= 0.6 is 22.7 Å². The first-order valence-electron chi connectivity index (χ1n) is 3.50. The highest BCUT2D eigenvalue weighted by atomic mass is 32.1. The monoisotopic (exact) mass is 192 g/mol. The highest BCUT2D eigenvalue weighted by Gasteiger charge is 2.01. The normalized spacial score (nSPS) is 11.3. The fourth-order valence-corrected chi connectivity index (χ4v) is 2.68. The average molecular weight is 192 g/mol. The molecular weight excluding hydrogens is 188 g/mol. The molecule has 1 aromatic carbocycles. The minimum Gasteiger partial charge on any atom is -0.245 e. The molecule has 0 aliphatic rings. The standard InChI is InChI=1S/C8H4N2S2/c1-5-7(11-3-9-5)2-8-6(1)10-4-12-8/h1-4H. The summed E-state index contributed by atoms with van der Waals surface area (Å²) in [5.41, 5.74) is 5.85. The molecule has 3 aromatic rings. The van der Waals surface area contributed by atoms with Gasteiger partial charge in [-0.15, -0.1) is 22.7 Å². The van der Waals surface area contributed by atoms with Gasteiger partial charge in [0.15, 0.2) is 0 Å². The van der Waals surface area contributed by atoms with Crippen LogP contribution in [0.2, 0.25) is 0 Å². The third-order valence-corrected chi connectivity index (χ3v) is 3.37. The summed E-state index contributed by atoms with van der Waals surface area (Å²) in [6.07, 6.45) is 0. The summed E-state index contributed by atoms with van der Waals surface area (Å²) in [4.78, 5) is 8.46. The molecule has 2 nitrogen and oxygen atoms in total. The SMILES string of the molecule is c1nc2cc3ncsc3cc2s1. The predicted octanol–water partition coefficient (Wildman–Crippen LogP) is 2.91. The van der Waals surface area contributed by atoms with Gasteiger partial charge in [-0.3, -0.25) is 0 Å². The van der Waals surface area contributed by atoms with E-state index in [2.05, 4.69) is 16.0 Å². The van der Waals surface area contributed by atoms with Crippen LogP contribution in [-0.4, -0.2) is 9.97 Å². The van der Waals surface area contributed by atoms with Gasteiger partial charge in [0.1, 0.15) is 0 Å². The first kappa shape index (κ1) is 6.51. The van der Waals surface area contributed by atoms with Gasteiger partial charge < -0.3 is 0 Å². The second-order valence-electron chi connectivity index (χ2n) is 2.49. The summed E-state index contributed by atoms with van der Waals surface area (Å²) < 4.78 is 2.48. The van der Waals surface area contributed by atoms with Crippen LogP contribution in [0.15, 0.2) is 23.2 Å². The maximum Gasteiger partial charge on any atom is 0.0834 e. The van der Waals surface area contributed by atoms with E-state index in [9.17, 15) is 0 Å². The molecule has 4 heteroatoms. The third kappa shape index (κ3) is 0.790. The molecule has 58 valence electrons. The Labute approximate surface area is 76.5 Å². The van der Waals surface area contributed by atoms with Gasteiger partial charge in [-0.05, 0) is 12.1 Å². The molecule has 0 saturated heterocycles. The van der Waals surface area contributed by atoms with Crippen LogP contribution in [0.5, 0.6) is 0 Å². The number of nitrogens with zero attached hydrogens (tertiary/aromatic N) is 2. The zero-order chi connectivity index (χ0) is 7.97. The summed E-state index contributed by atoms with van der Waals surface area (Å²) in [5, 5.41) is 0. The van der Waals surface area contributed by atoms with Gasteiger partial charge in [-0.2, -0.15) is 0 Å². The van der Waals surface area contributed by atoms with E-state index in [1.807, 2.05) is 17.1 Å². The van der Waals surface area contributed by atoms with Gasteiger partial charge in [-0.25, -0.2) is 9.97 Å². The second kappa shape index (κ2) is 2.24. The highest BCUT2D eigenvalue weighted by molar-refractivity contribution is 7.19. The molecule has 2 heterocycles. The van der Waals surface area contributed by atoms with Crippen molar-refractivity contribution >= 4 is 43.1 Å². The Morgan fingerprint density at radius 3 is 2.00 bits per heavy atom. The van der Waals surface area contributed by atoms with Gasteiger partial charge in [0, 0.05) is 0 Å². The van der Waals surface area contributed by atoms with Crippen molar-refractivity contribution in [3.8, 4) is 0 Å². The van der Waals surface area contributed by atoms with E-state index < -0.39 is 0 Å². The molecule has 12 heavy (non-hydrogen) atoms. The van der Waals surface area contributed by atoms with Crippen LogP contribution < -0.4 is 0 Å². The Kier molecular flexibility index (Phi) is 1.22. The lowest BCUT2D eigenvalue weighted by atomic mass is 10.3. The topological polar surface area (TPSA) is 25.8 Å². The van der Waals surface area contributed by atoms with Crippen molar-refractivity contribution in [2.45, 2.75) is 0 Å². The second-order valence-corrected chi connectivity index (χ2v) is 4.27. The van der Waals surface area contributed by atoms with E-state index in [4.69, 9.17) is 0 Å². The molecule has 0 radical (unpaired) electrons. The zero-order valence-electron chi connectivity index (χ0n) is 6.02. The number of rotatable bonds is 0. The van der Waals surface area contributed by atoms with Crippen LogP contribution in [-0.2, 0) is 0 Å². The van der Waals surface area contributed by atoms with Crippen LogP contribution in [0.1, 0.15) is 0 Å². The van der Waals surface area contributed by atoms with Crippen molar-refractivity contribution in [2.24, 2.45) is 0 Å². The van der Waals surface area contributed by atoms with E-state index in [1.165, 1.54) is 9.40 Å². The van der Waals surface area contributed by atoms with Crippen molar-refractivity contribution in [3.63, 3.8) is 0 Å². The molecule has 0 amide bonds. The number of benzene rings is 1. The molecule has 0 aliphatic carbocycles.